The molecule has 19 heavy (non-hydrogen) atoms. The van der Waals surface area contributed by atoms with E-state index in [2.05, 4.69) is 29.2 Å². The molecule has 1 saturated heterocycles. The molecule has 0 aromatic heterocycles. The van der Waals surface area contributed by atoms with E-state index in [4.69, 9.17) is 5.73 Å². The average Bonchev–Trinajstić information content (AvgIpc) is 2.65. The zero-order valence-corrected chi connectivity index (χ0v) is 11.6. The number of benzene rings is 1. The molecule has 1 aromatic rings. The fraction of sp³-hybridized carbons (Fsp3) is 0.533. The average molecular weight is 261 g/mol. The van der Waals surface area contributed by atoms with Gasteiger partial charge in [-0.05, 0) is 17.5 Å². The minimum absolute atomic E-state index is 0.187. The van der Waals surface area contributed by atoms with E-state index in [9.17, 15) is 4.79 Å². The van der Waals surface area contributed by atoms with E-state index >= 15 is 0 Å². The molecule has 1 aliphatic rings. The number of hydrogen-bond acceptors (Lipinski definition) is 3. The molecular formula is C15H23N3O. The summed E-state index contributed by atoms with van der Waals surface area (Å²) >= 11 is 0. The number of carbonyl (C=O) groups excluding carboxylic acids is 1. The predicted octanol–water partition coefficient (Wildman–Crippen LogP) is 1.20. The van der Waals surface area contributed by atoms with Gasteiger partial charge in [0.15, 0.2) is 0 Å². The van der Waals surface area contributed by atoms with Crippen LogP contribution >= 0.6 is 0 Å². The highest BCUT2D eigenvalue weighted by Gasteiger charge is 2.16. The second kappa shape index (κ2) is 6.68. The summed E-state index contributed by atoms with van der Waals surface area (Å²) in [4.78, 5) is 15.7. The Hall–Kier alpha value is -1.39. The van der Waals surface area contributed by atoms with Crippen LogP contribution in [0.25, 0.3) is 0 Å². The number of nitrogens with two attached hydrogens (primary N) is 1. The molecule has 4 nitrogen and oxygen atoms in total. The monoisotopic (exact) mass is 261 g/mol. The summed E-state index contributed by atoms with van der Waals surface area (Å²) in [7, 11) is 0. The van der Waals surface area contributed by atoms with Gasteiger partial charge in [0.25, 0.3) is 0 Å². The molecule has 0 aliphatic carbocycles. The first-order valence-corrected chi connectivity index (χ1v) is 6.95. The number of nitrogens with zero attached hydrogens (tertiary/aromatic N) is 2. The topological polar surface area (TPSA) is 49.6 Å². The summed E-state index contributed by atoms with van der Waals surface area (Å²) in [5.41, 5.74) is 8.15. The van der Waals surface area contributed by atoms with Crippen molar-refractivity contribution >= 4 is 5.91 Å². The molecule has 2 N–H and O–H groups in total. The normalized spacial score (nSPS) is 17.3. The highest BCUT2D eigenvalue weighted by molar-refractivity contribution is 5.73. The Morgan fingerprint density at radius 1 is 1.21 bits per heavy atom. The molecule has 2 rings (SSSR count). The van der Waals surface area contributed by atoms with Crippen molar-refractivity contribution in [2.24, 2.45) is 5.73 Å². The molecule has 0 spiro atoms. The molecule has 0 bridgehead atoms. The third-order valence-electron chi connectivity index (χ3n) is 3.67. The number of rotatable bonds is 3. The van der Waals surface area contributed by atoms with E-state index in [1.54, 1.807) is 6.92 Å². The lowest BCUT2D eigenvalue weighted by Gasteiger charge is -2.21. The fourth-order valence-electron chi connectivity index (χ4n) is 2.56. The second-order valence-corrected chi connectivity index (χ2v) is 5.16. The molecule has 0 unspecified atom stereocenters. The van der Waals surface area contributed by atoms with Crippen LogP contribution in [-0.2, 0) is 17.9 Å². The van der Waals surface area contributed by atoms with Crippen molar-refractivity contribution in [2.75, 3.05) is 26.2 Å². The van der Waals surface area contributed by atoms with Crippen molar-refractivity contribution in [3.8, 4) is 0 Å². The Morgan fingerprint density at radius 3 is 2.74 bits per heavy atom. The van der Waals surface area contributed by atoms with Crippen molar-refractivity contribution in [3.05, 3.63) is 35.4 Å². The molecule has 0 atom stereocenters. The SMILES string of the molecule is CC(=O)N1CCCN(Cc2cccc(CN)c2)CC1. The smallest absolute Gasteiger partial charge is 0.219 e. The molecule has 1 fully saturated rings. The van der Waals surface area contributed by atoms with Crippen LogP contribution in [0.15, 0.2) is 24.3 Å². The van der Waals surface area contributed by atoms with Crippen molar-refractivity contribution in [2.45, 2.75) is 26.4 Å². The summed E-state index contributed by atoms with van der Waals surface area (Å²) in [5, 5.41) is 0. The van der Waals surface area contributed by atoms with E-state index in [-0.39, 0.29) is 5.91 Å². The maximum Gasteiger partial charge on any atom is 0.219 e. The minimum Gasteiger partial charge on any atom is -0.342 e. The predicted molar refractivity (Wildman–Crippen MR) is 76.5 cm³/mol. The fourth-order valence-corrected chi connectivity index (χ4v) is 2.56. The maximum absolute atomic E-state index is 11.4. The van der Waals surface area contributed by atoms with Crippen LogP contribution in [0.1, 0.15) is 24.5 Å². The second-order valence-electron chi connectivity index (χ2n) is 5.16. The van der Waals surface area contributed by atoms with Gasteiger partial charge in [-0.25, -0.2) is 0 Å². The number of hydrogen-bond donors (Lipinski definition) is 1. The van der Waals surface area contributed by atoms with Gasteiger partial charge in [-0.1, -0.05) is 24.3 Å². The van der Waals surface area contributed by atoms with Crippen LogP contribution in [0.5, 0.6) is 0 Å². The summed E-state index contributed by atoms with van der Waals surface area (Å²) < 4.78 is 0. The molecule has 1 aromatic carbocycles. The first-order valence-electron chi connectivity index (χ1n) is 6.95. The quantitative estimate of drug-likeness (QED) is 0.889. The van der Waals surface area contributed by atoms with Crippen molar-refractivity contribution in [3.63, 3.8) is 0 Å². The van der Waals surface area contributed by atoms with Gasteiger partial charge in [-0.3, -0.25) is 9.69 Å². The lowest BCUT2D eigenvalue weighted by atomic mass is 10.1. The van der Waals surface area contributed by atoms with Crippen molar-refractivity contribution < 1.29 is 4.79 Å². The number of carbonyl (C=O) groups is 1. The number of amides is 1. The summed E-state index contributed by atoms with van der Waals surface area (Å²) in [6.07, 6.45) is 1.05. The summed E-state index contributed by atoms with van der Waals surface area (Å²) in [6.45, 7) is 6.91. The van der Waals surface area contributed by atoms with E-state index in [0.717, 1.165) is 39.1 Å². The Labute approximate surface area is 115 Å². The van der Waals surface area contributed by atoms with Gasteiger partial charge >= 0.3 is 0 Å². The molecule has 4 heteroatoms. The first-order chi connectivity index (χ1) is 9.19. The van der Waals surface area contributed by atoms with Gasteiger partial charge in [0.1, 0.15) is 0 Å². The van der Waals surface area contributed by atoms with Crippen LogP contribution in [0.3, 0.4) is 0 Å². The van der Waals surface area contributed by atoms with Crippen molar-refractivity contribution in [1.29, 1.82) is 0 Å². The molecule has 1 aliphatic heterocycles. The molecule has 0 radical (unpaired) electrons. The minimum atomic E-state index is 0.187. The van der Waals surface area contributed by atoms with E-state index < -0.39 is 0 Å². The van der Waals surface area contributed by atoms with Crippen LogP contribution < -0.4 is 5.73 Å². The molecular weight excluding hydrogens is 238 g/mol. The van der Waals surface area contributed by atoms with Gasteiger partial charge in [0.05, 0.1) is 0 Å². The third-order valence-corrected chi connectivity index (χ3v) is 3.67. The Kier molecular flexibility index (Phi) is 4.93. The maximum atomic E-state index is 11.4. The Morgan fingerprint density at radius 2 is 2.00 bits per heavy atom. The largest absolute Gasteiger partial charge is 0.342 e. The van der Waals surface area contributed by atoms with Gasteiger partial charge in [-0.15, -0.1) is 0 Å². The first kappa shape index (κ1) is 14.0. The van der Waals surface area contributed by atoms with Crippen LogP contribution in [-0.4, -0.2) is 41.9 Å². The van der Waals surface area contributed by atoms with Gasteiger partial charge in [0, 0.05) is 46.2 Å². The highest BCUT2D eigenvalue weighted by Crippen LogP contribution is 2.11. The summed E-state index contributed by atoms with van der Waals surface area (Å²) in [5.74, 6) is 0.187. The van der Waals surface area contributed by atoms with E-state index in [1.807, 2.05) is 4.90 Å². The standard InChI is InChI=1S/C15H23N3O/c1-13(19)18-7-3-6-17(8-9-18)12-15-5-2-4-14(10-15)11-16/h2,4-5,10H,3,6-9,11-12,16H2,1H3. The highest BCUT2D eigenvalue weighted by atomic mass is 16.2. The zero-order chi connectivity index (χ0) is 13.7. The summed E-state index contributed by atoms with van der Waals surface area (Å²) in [6, 6.07) is 8.45. The zero-order valence-electron chi connectivity index (χ0n) is 11.6. The van der Waals surface area contributed by atoms with E-state index in [0.29, 0.717) is 6.54 Å². The van der Waals surface area contributed by atoms with Gasteiger partial charge in [0.2, 0.25) is 5.91 Å². The Bertz CT molecular complexity index is 433. The van der Waals surface area contributed by atoms with Gasteiger partial charge < -0.3 is 10.6 Å². The molecule has 1 amide bonds. The lowest BCUT2D eigenvalue weighted by Crippen LogP contribution is -2.33. The van der Waals surface area contributed by atoms with Crippen LogP contribution in [0.4, 0.5) is 0 Å². The van der Waals surface area contributed by atoms with Crippen LogP contribution in [0, 0.1) is 0 Å². The molecule has 1 heterocycles. The molecule has 0 saturated carbocycles. The molecule has 104 valence electrons. The third kappa shape index (κ3) is 4.04. The van der Waals surface area contributed by atoms with Crippen molar-refractivity contribution in [1.82, 2.24) is 9.80 Å². The van der Waals surface area contributed by atoms with Gasteiger partial charge in [-0.2, -0.15) is 0 Å². The van der Waals surface area contributed by atoms with Crippen LogP contribution in [0.2, 0.25) is 0 Å². The Balaban J connectivity index is 1.93. The lowest BCUT2D eigenvalue weighted by molar-refractivity contribution is -0.128. The van der Waals surface area contributed by atoms with E-state index in [1.165, 1.54) is 11.1 Å².